The number of benzene rings is 3. The highest BCUT2D eigenvalue weighted by Crippen LogP contribution is 2.39. The van der Waals surface area contributed by atoms with Crippen molar-refractivity contribution < 1.29 is 42.6 Å². The van der Waals surface area contributed by atoms with Gasteiger partial charge in [0.25, 0.3) is 0 Å². The topological polar surface area (TPSA) is 99.9 Å². The van der Waals surface area contributed by atoms with Crippen LogP contribution in [0.2, 0.25) is 0 Å². The number of rotatable bonds is 17. The van der Waals surface area contributed by atoms with Gasteiger partial charge in [0.2, 0.25) is 5.75 Å². The van der Waals surface area contributed by atoms with Crippen molar-refractivity contribution in [3.63, 3.8) is 0 Å². The maximum atomic E-state index is 12.0. The van der Waals surface area contributed by atoms with Crippen LogP contribution in [-0.2, 0) is 29.3 Å². The summed E-state index contributed by atoms with van der Waals surface area (Å²) in [6.45, 7) is 16.4. The van der Waals surface area contributed by atoms with E-state index in [-0.39, 0.29) is 12.8 Å². The second kappa shape index (κ2) is 37.0. The number of methoxy groups -OCH3 is 4. The van der Waals surface area contributed by atoms with E-state index in [0.717, 1.165) is 42.7 Å². The quantitative estimate of drug-likeness (QED) is 0.106. The van der Waals surface area contributed by atoms with E-state index in [1.165, 1.54) is 63.7 Å². The fraction of sp³-hybridized carbons (Fsp3) is 0.556. The molecule has 9 nitrogen and oxygen atoms in total. The number of unbranched alkanes of at least 4 members (excludes halogenated alkanes) is 1. The van der Waals surface area contributed by atoms with Gasteiger partial charge in [-0.05, 0) is 76.9 Å². The molecular formula is C45H74FNO8. The lowest BCUT2D eigenvalue weighted by Gasteiger charge is -2.16. The van der Waals surface area contributed by atoms with Crippen LogP contribution in [0.5, 0.6) is 34.5 Å². The summed E-state index contributed by atoms with van der Waals surface area (Å²) in [5, 5.41) is 0. The Morgan fingerprint density at radius 3 is 1.71 bits per heavy atom. The molecule has 0 aliphatic heterocycles. The van der Waals surface area contributed by atoms with Crippen LogP contribution in [0.3, 0.4) is 0 Å². The Labute approximate surface area is 333 Å². The molecule has 1 saturated carbocycles. The van der Waals surface area contributed by atoms with Gasteiger partial charge in [-0.3, -0.25) is 0 Å². The maximum Gasteiger partial charge on any atom is 0.203 e. The summed E-state index contributed by atoms with van der Waals surface area (Å²) in [7, 11) is 6.37. The molecule has 1 fully saturated rings. The van der Waals surface area contributed by atoms with Crippen molar-refractivity contribution in [2.24, 2.45) is 5.73 Å². The minimum atomic E-state index is -0.329. The summed E-state index contributed by atoms with van der Waals surface area (Å²) in [6, 6.07) is 16.4. The highest BCUT2D eigenvalue weighted by molar-refractivity contribution is 5.54. The molecule has 0 saturated heterocycles. The van der Waals surface area contributed by atoms with Crippen LogP contribution in [0.15, 0.2) is 67.1 Å². The number of aryl methyl sites for hydroxylation is 1. The zero-order valence-electron chi connectivity index (χ0n) is 36.1. The highest BCUT2D eigenvalue weighted by Gasteiger charge is 2.15. The Hall–Kier alpha value is -3.99. The van der Waals surface area contributed by atoms with Crippen molar-refractivity contribution in [1.82, 2.24) is 0 Å². The van der Waals surface area contributed by atoms with E-state index >= 15 is 0 Å². The molecule has 3 aromatic rings. The number of ether oxygens (including phenoxy) is 7. The standard InChI is InChI=1S/C23H30FNO6.C10H14O2.C6H12.3C2H6/c1-4-5-9-22(25)30-15-18-13-20(26-2)23(27-3)21(14-18)29-11-10-28-19-8-6-7-17(12-19)16-31-24;1-4-8-5-6-9(11-2)10(7-8)12-3;1-2-4-6-5-3-1;3*1-2/h6-8,10-14,22H,4-5,9,15-16,25H2,1-3H3;5-7H,4H2,1-3H3;1-6H2;3*1-2H3. The minimum Gasteiger partial charge on any atom is -0.493 e. The van der Waals surface area contributed by atoms with Gasteiger partial charge in [0.05, 0.1) is 35.0 Å². The average Bonchev–Trinajstić information content (AvgIpc) is 3.26. The molecule has 0 aromatic heterocycles. The summed E-state index contributed by atoms with van der Waals surface area (Å²) in [5.74, 6) is 3.48. The molecule has 0 radical (unpaired) electrons. The molecule has 10 heteroatoms. The lowest BCUT2D eigenvalue weighted by molar-refractivity contribution is -0.144. The first-order chi connectivity index (χ1) is 26.9. The molecule has 1 unspecified atom stereocenters. The molecule has 3 aromatic carbocycles. The van der Waals surface area contributed by atoms with Gasteiger partial charge in [-0.25, -0.2) is 0 Å². The van der Waals surface area contributed by atoms with Gasteiger partial charge in [-0.2, -0.15) is 4.94 Å². The Balaban J connectivity index is 0. The molecule has 4 rings (SSSR count). The molecule has 1 aliphatic carbocycles. The lowest BCUT2D eigenvalue weighted by Crippen LogP contribution is -2.23. The van der Waals surface area contributed by atoms with Gasteiger partial charge < -0.3 is 38.9 Å². The molecule has 1 atom stereocenters. The third-order valence-electron chi connectivity index (χ3n) is 7.74. The fourth-order valence-corrected chi connectivity index (χ4v) is 4.99. The zero-order valence-corrected chi connectivity index (χ0v) is 36.1. The van der Waals surface area contributed by atoms with E-state index in [1.54, 1.807) is 51.7 Å². The highest BCUT2D eigenvalue weighted by atomic mass is 19.3. The van der Waals surface area contributed by atoms with Crippen LogP contribution >= 0.6 is 0 Å². The van der Waals surface area contributed by atoms with Gasteiger partial charge >= 0.3 is 0 Å². The summed E-state index contributed by atoms with van der Waals surface area (Å²) < 4.78 is 50.0. The second-order valence-corrected chi connectivity index (χ2v) is 11.4. The zero-order chi connectivity index (χ0) is 41.7. The summed E-state index contributed by atoms with van der Waals surface area (Å²) in [6.07, 6.45) is 15.3. The van der Waals surface area contributed by atoms with Crippen LogP contribution in [0.25, 0.3) is 0 Å². The predicted molar refractivity (Wildman–Crippen MR) is 225 cm³/mol. The molecular weight excluding hydrogens is 701 g/mol. The van der Waals surface area contributed by atoms with E-state index < -0.39 is 0 Å². The van der Waals surface area contributed by atoms with Gasteiger partial charge in [0.1, 0.15) is 31.1 Å². The Kier molecular flexibility index (Phi) is 35.7. The predicted octanol–water partition coefficient (Wildman–Crippen LogP) is 12.7. The van der Waals surface area contributed by atoms with Crippen LogP contribution in [0.4, 0.5) is 4.53 Å². The van der Waals surface area contributed by atoms with E-state index in [1.807, 2.05) is 65.8 Å². The van der Waals surface area contributed by atoms with Crippen molar-refractivity contribution >= 4 is 0 Å². The molecule has 314 valence electrons. The van der Waals surface area contributed by atoms with Gasteiger partial charge in [-0.15, -0.1) is 0 Å². The van der Waals surface area contributed by atoms with Crippen molar-refractivity contribution in [1.29, 1.82) is 0 Å². The van der Waals surface area contributed by atoms with Crippen molar-refractivity contribution in [3.05, 3.63) is 83.8 Å². The van der Waals surface area contributed by atoms with Gasteiger partial charge in [-0.1, -0.05) is 119 Å². The summed E-state index contributed by atoms with van der Waals surface area (Å²) >= 11 is 0. The summed E-state index contributed by atoms with van der Waals surface area (Å²) in [5.41, 5.74) is 8.72. The molecule has 2 N–H and O–H groups in total. The molecule has 0 bridgehead atoms. The Bertz CT molecular complexity index is 1340. The Morgan fingerprint density at radius 2 is 1.18 bits per heavy atom. The second-order valence-electron chi connectivity index (χ2n) is 11.4. The van der Waals surface area contributed by atoms with E-state index in [9.17, 15) is 4.53 Å². The fourth-order valence-electron chi connectivity index (χ4n) is 4.99. The largest absolute Gasteiger partial charge is 0.493 e. The first-order valence-electron chi connectivity index (χ1n) is 20.1. The van der Waals surface area contributed by atoms with Crippen LogP contribution in [-0.4, -0.2) is 34.7 Å². The first kappa shape index (κ1) is 53.1. The van der Waals surface area contributed by atoms with Crippen molar-refractivity contribution in [3.8, 4) is 34.5 Å². The SMILES string of the molecule is C1CCCCC1.CC.CC.CC.CCCCC(N)OCc1cc(OC)c(OC)c(OC=COc2cccc(COF)c2)c1.CCc1ccc(OC)c(OC)c1. The molecule has 0 heterocycles. The smallest absolute Gasteiger partial charge is 0.203 e. The lowest BCUT2D eigenvalue weighted by atomic mass is 10.0. The molecule has 1 aliphatic rings. The van der Waals surface area contributed by atoms with Crippen LogP contribution in [0, 0.1) is 0 Å². The first-order valence-corrected chi connectivity index (χ1v) is 20.1. The number of hydrogen-bond acceptors (Lipinski definition) is 9. The van der Waals surface area contributed by atoms with Crippen LogP contribution < -0.4 is 34.2 Å². The minimum absolute atomic E-state index is 0.147. The third-order valence-corrected chi connectivity index (χ3v) is 7.74. The van der Waals surface area contributed by atoms with Crippen molar-refractivity contribution in [2.75, 3.05) is 28.4 Å². The number of hydrogen-bond donors (Lipinski definition) is 1. The maximum absolute atomic E-state index is 12.0. The van der Waals surface area contributed by atoms with E-state index in [2.05, 4.69) is 18.8 Å². The molecule has 0 spiro atoms. The Morgan fingerprint density at radius 1 is 0.618 bits per heavy atom. The summed E-state index contributed by atoms with van der Waals surface area (Å²) in [4.78, 5) is 3.64. The molecule has 55 heavy (non-hydrogen) atoms. The number of nitrogens with two attached hydrogens (primary N) is 1. The van der Waals surface area contributed by atoms with Gasteiger partial charge in [0, 0.05) is 0 Å². The van der Waals surface area contributed by atoms with E-state index in [0.29, 0.717) is 35.2 Å². The average molecular weight is 776 g/mol. The third kappa shape index (κ3) is 23.5. The normalized spacial score (nSPS) is 11.8. The van der Waals surface area contributed by atoms with Gasteiger partial charge in [0.15, 0.2) is 23.0 Å². The van der Waals surface area contributed by atoms with Crippen LogP contribution in [0.1, 0.15) is 130 Å². The number of halogens is 1. The van der Waals surface area contributed by atoms with E-state index in [4.69, 9.17) is 38.9 Å². The van der Waals surface area contributed by atoms with Crippen molar-refractivity contribution in [2.45, 2.75) is 139 Å². The monoisotopic (exact) mass is 776 g/mol. The molecule has 0 amide bonds.